The molecule has 0 aliphatic carbocycles. The van der Waals surface area contributed by atoms with Crippen molar-refractivity contribution in [3.05, 3.63) is 23.3 Å². The van der Waals surface area contributed by atoms with E-state index in [4.69, 9.17) is 25.8 Å². The van der Waals surface area contributed by atoms with Crippen molar-refractivity contribution < 1.29 is 19.0 Å². The Morgan fingerprint density at radius 1 is 1.33 bits per heavy atom. The van der Waals surface area contributed by atoms with Crippen LogP contribution >= 0.6 is 11.6 Å². The fraction of sp³-hybridized carbons (Fsp3) is 0.462. The summed E-state index contributed by atoms with van der Waals surface area (Å²) in [5.74, 6) is 0.710. The van der Waals surface area contributed by atoms with E-state index in [1.165, 1.54) is 7.11 Å². The van der Waals surface area contributed by atoms with Crippen molar-refractivity contribution in [2.45, 2.75) is 19.2 Å². The molecule has 0 radical (unpaired) electrons. The van der Waals surface area contributed by atoms with Crippen LogP contribution in [0, 0.1) is 6.92 Å². The maximum atomic E-state index is 11.6. The van der Waals surface area contributed by atoms with E-state index in [2.05, 4.69) is 0 Å². The Kier molecular flexibility index (Phi) is 5.28. The number of halogens is 1. The van der Waals surface area contributed by atoms with Crippen molar-refractivity contribution in [2.75, 3.05) is 20.8 Å². The molecule has 0 aliphatic heterocycles. The number of methoxy groups -OCH3 is 2. The quantitative estimate of drug-likeness (QED) is 0.611. The summed E-state index contributed by atoms with van der Waals surface area (Å²) in [7, 11) is 3.10. The number of carbonyl (C=O) groups is 1. The lowest BCUT2D eigenvalue weighted by molar-refractivity contribution is -0.142. The van der Waals surface area contributed by atoms with E-state index in [0.29, 0.717) is 23.7 Å². The monoisotopic (exact) mass is 272 g/mol. The molecule has 0 heterocycles. The van der Waals surface area contributed by atoms with Gasteiger partial charge in [0, 0.05) is 0 Å². The molecule has 0 amide bonds. The highest BCUT2D eigenvalue weighted by Crippen LogP contribution is 2.35. The molecule has 1 aromatic rings. The second-order valence-corrected chi connectivity index (χ2v) is 4.12. The van der Waals surface area contributed by atoms with E-state index in [9.17, 15) is 4.79 Å². The minimum absolute atomic E-state index is 0.300. The highest BCUT2D eigenvalue weighted by Gasteiger charge is 2.21. The van der Waals surface area contributed by atoms with Gasteiger partial charge in [-0.2, -0.15) is 0 Å². The van der Waals surface area contributed by atoms with Gasteiger partial charge in [-0.3, -0.25) is 4.79 Å². The second kappa shape index (κ2) is 6.50. The lowest BCUT2D eigenvalue weighted by Gasteiger charge is -2.15. The van der Waals surface area contributed by atoms with Gasteiger partial charge in [0.1, 0.15) is 0 Å². The van der Waals surface area contributed by atoms with Crippen LogP contribution in [-0.2, 0) is 9.53 Å². The molecule has 4 nitrogen and oxygen atoms in total. The molecule has 1 unspecified atom stereocenters. The Morgan fingerprint density at radius 3 is 2.50 bits per heavy atom. The van der Waals surface area contributed by atoms with E-state index in [-0.39, 0.29) is 0 Å². The minimum atomic E-state index is -0.844. The van der Waals surface area contributed by atoms with Crippen LogP contribution in [0.2, 0.25) is 0 Å². The van der Waals surface area contributed by atoms with Gasteiger partial charge >= 0.3 is 5.97 Å². The first kappa shape index (κ1) is 14.6. The lowest BCUT2D eigenvalue weighted by Crippen LogP contribution is -2.11. The molecule has 0 saturated heterocycles. The number of hydrogen-bond acceptors (Lipinski definition) is 4. The summed E-state index contributed by atoms with van der Waals surface area (Å²) in [6.45, 7) is 3.90. The number of benzene rings is 1. The molecule has 1 aromatic carbocycles. The number of aryl methyl sites for hydroxylation is 1. The number of ether oxygens (including phenoxy) is 3. The zero-order chi connectivity index (χ0) is 13.7. The van der Waals surface area contributed by atoms with Gasteiger partial charge in [-0.05, 0) is 31.0 Å². The average Bonchev–Trinajstić information content (AvgIpc) is 2.36. The number of esters is 1. The smallest absolute Gasteiger partial charge is 0.328 e. The molecule has 1 atom stereocenters. The molecule has 1 rings (SSSR count). The van der Waals surface area contributed by atoms with Crippen LogP contribution in [0.3, 0.4) is 0 Å². The minimum Gasteiger partial charge on any atom is -0.493 e. The van der Waals surface area contributed by atoms with Gasteiger partial charge < -0.3 is 14.2 Å². The van der Waals surface area contributed by atoms with Gasteiger partial charge in [-0.1, -0.05) is 6.07 Å². The average molecular weight is 273 g/mol. The van der Waals surface area contributed by atoms with Crippen LogP contribution in [0.25, 0.3) is 0 Å². The summed E-state index contributed by atoms with van der Waals surface area (Å²) in [5, 5.41) is -0.844. The SMILES string of the molecule is CCOC(=O)C(Cl)c1cc(C)c(OC)c(OC)c1. The first-order valence-corrected chi connectivity index (χ1v) is 6.02. The van der Waals surface area contributed by atoms with Crippen molar-refractivity contribution >= 4 is 17.6 Å². The van der Waals surface area contributed by atoms with E-state index in [0.717, 1.165) is 5.56 Å². The van der Waals surface area contributed by atoms with E-state index >= 15 is 0 Å². The topological polar surface area (TPSA) is 44.8 Å². The van der Waals surface area contributed by atoms with Crippen LogP contribution in [-0.4, -0.2) is 26.8 Å². The first-order chi connectivity index (χ1) is 8.54. The molecule has 0 bridgehead atoms. The maximum Gasteiger partial charge on any atom is 0.328 e. The summed E-state index contributed by atoms with van der Waals surface area (Å²) in [4.78, 5) is 11.6. The summed E-state index contributed by atoms with van der Waals surface area (Å²) in [6, 6.07) is 3.47. The van der Waals surface area contributed by atoms with Gasteiger partial charge in [0.2, 0.25) is 0 Å². The van der Waals surface area contributed by atoms with Crippen molar-refractivity contribution in [1.82, 2.24) is 0 Å². The van der Waals surface area contributed by atoms with Crippen LogP contribution < -0.4 is 9.47 Å². The highest BCUT2D eigenvalue weighted by molar-refractivity contribution is 6.30. The first-order valence-electron chi connectivity index (χ1n) is 5.58. The predicted octanol–water partition coefficient (Wildman–Crippen LogP) is 2.86. The summed E-state index contributed by atoms with van der Waals surface area (Å²) < 4.78 is 15.3. The van der Waals surface area contributed by atoms with E-state index in [1.54, 1.807) is 26.2 Å². The van der Waals surface area contributed by atoms with Gasteiger partial charge in [0.25, 0.3) is 0 Å². The molecule has 0 aromatic heterocycles. The molecule has 100 valence electrons. The fourth-order valence-corrected chi connectivity index (χ4v) is 1.87. The number of hydrogen-bond donors (Lipinski definition) is 0. The Labute approximate surface area is 112 Å². The standard InChI is InChI=1S/C13H17ClO4/c1-5-18-13(15)11(14)9-6-8(2)12(17-4)10(7-9)16-3/h6-7,11H,5H2,1-4H3. The summed E-state index contributed by atoms with van der Waals surface area (Å²) in [5.41, 5.74) is 1.48. The van der Waals surface area contributed by atoms with Crippen LogP contribution in [0.1, 0.15) is 23.4 Å². The molecule has 0 spiro atoms. The zero-order valence-corrected chi connectivity index (χ0v) is 11.7. The highest BCUT2D eigenvalue weighted by atomic mass is 35.5. The molecular formula is C13H17ClO4. The third-order valence-electron chi connectivity index (χ3n) is 2.47. The molecule has 0 N–H and O–H groups in total. The number of carbonyl (C=O) groups excluding carboxylic acids is 1. The fourth-order valence-electron chi connectivity index (χ4n) is 1.68. The van der Waals surface area contributed by atoms with Crippen molar-refractivity contribution in [1.29, 1.82) is 0 Å². The van der Waals surface area contributed by atoms with Crippen LogP contribution in [0.5, 0.6) is 11.5 Å². The lowest BCUT2D eigenvalue weighted by atomic mass is 10.1. The maximum absolute atomic E-state index is 11.6. The van der Waals surface area contributed by atoms with Gasteiger partial charge in [-0.25, -0.2) is 0 Å². The second-order valence-electron chi connectivity index (χ2n) is 3.69. The summed E-state index contributed by atoms with van der Waals surface area (Å²) in [6.07, 6.45) is 0. The Hall–Kier alpha value is -1.42. The van der Waals surface area contributed by atoms with E-state index in [1.807, 2.05) is 6.92 Å². The van der Waals surface area contributed by atoms with Crippen LogP contribution in [0.15, 0.2) is 12.1 Å². The third-order valence-corrected chi connectivity index (χ3v) is 2.90. The van der Waals surface area contributed by atoms with Crippen molar-refractivity contribution in [3.8, 4) is 11.5 Å². The Bertz CT molecular complexity index is 431. The molecule has 0 aliphatic rings. The summed E-state index contributed by atoms with van der Waals surface area (Å²) >= 11 is 6.06. The molecule has 0 fully saturated rings. The number of alkyl halides is 1. The van der Waals surface area contributed by atoms with Crippen molar-refractivity contribution in [3.63, 3.8) is 0 Å². The van der Waals surface area contributed by atoms with Gasteiger partial charge in [-0.15, -0.1) is 11.6 Å². The van der Waals surface area contributed by atoms with Gasteiger partial charge in [0.15, 0.2) is 16.9 Å². The third kappa shape index (κ3) is 3.07. The Morgan fingerprint density at radius 2 is 2.00 bits per heavy atom. The number of rotatable bonds is 5. The van der Waals surface area contributed by atoms with E-state index < -0.39 is 11.3 Å². The van der Waals surface area contributed by atoms with Gasteiger partial charge in [0.05, 0.1) is 20.8 Å². The predicted molar refractivity (Wildman–Crippen MR) is 69.5 cm³/mol. The van der Waals surface area contributed by atoms with Crippen LogP contribution in [0.4, 0.5) is 0 Å². The Balaban J connectivity index is 3.11. The molecule has 0 saturated carbocycles. The largest absolute Gasteiger partial charge is 0.493 e. The van der Waals surface area contributed by atoms with Crippen molar-refractivity contribution in [2.24, 2.45) is 0 Å². The zero-order valence-electron chi connectivity index (χ0n) is 11.0. The normalized spacial score (nSPS) is 11.8. The molecular weight excluding hydrogens is 256 g/mol. The molecule has 18 heavy (non-hydrogen) atoms. The molecule has 5 heteroatoms.